The number of aromatic amines is 1. The Morgan fingerprint density at radius 3 is 2.65 bits per heavy atom. The monoisotopic (exact) mass is 231 g/mol. The number of carbonyl (C=O) groups excluding carboxylic acids is 1. The fraction of sp³-hybridized carbons (Fsp3) is 0.308. The van der Waals surface area contributed by atoms with Crippen LogP contribution in [0.15, 0.2) is 30.3 Å². The zero-order valence-corrected chi connectivity index (χ0v) is 10.2. The molecule has 0 saturated heterocycles. The van der Waals surface area contributed by atoms with Crippen molar-refractivity contribution in [2.75, 3.05) is 13.1 Å². The van der Waals surface area contributed by atoms with Crippen LogP contribution in [0.25, 0.3) is 10.9 Å². The van der Waals surface area contributed by atoms with Gasteiger partial charge in [-0.05, 0) is 12.1 Å². The highest BCUT2D eigenvalue weighted by Gasteiger charge is 2.11. The van der Waals surface area contributed by atoms with E-state index < -0.39 is 0 Å². The van der Waals surface area contributed by atoms with Gasteiger partial charge in [0.1, 0.15) is 5.69 Å². The molecular formula is C13H17N3O. The Bertz CT molecular complexity index is 481. The van der Waals surface area contributed by atoms with Crippen LogP contribution >= 0.6 is 0 Å². The molecule has 0 bridgehead atoms. The average Bonchev–Trinajstić information content (AvgIpc) is 2.79. The number of hydrogen-bond acceptors (Lipinski definition) is 2. The summed E-state index contributed by atoms with van der Waals surface area (Å²) in [4.78, 5) is 15.1. The maximum atomic E-state index is 12.0. The summed E-state index contributed by atoms with van der Waals surface area (Å²) in [6, 6.07) is 9.73. The molecule has 0 spiro atoms. The average molecular weight is 231 g/mol. The van der Waals surface area contributed by atoms with Crippen LogP contribution in [0.2, 0.25) is 0 Å². The van der Waals surface area contributed by atoms with Gasteiger partial charge >= 0.3 is 0 Å². The van der Waals surface area contributed by atoms with Crippen LogP contribution in [0, 0.1) is 0 Å². The van der Waals surface area contributed by atoms with Crippen molar-refractivity contribution in [2.24, 2.45) is 0 Å². The number of rotatable bonds is 4. The van der Waals surface area contributed by atoms with Crippen LogP contribution in [0.4, 0.5) is 0 Å². The third kappa shape index (κ3) is 2.47. The number of para-hydroxylation sites is 1. The molecule has 17 heavy (non-hydrogen) atoms. The lowest BCUT2D eigenvalue weighted by molar-refractivity contribution is 0.0801. The lowest BCUT2D eigenvalue weighted by Gasteiger charge is -2.18. The Labute approximate surface area is 101 Å². The Morgan fingerprint density at radius 2 is 2.00 bits per heavy atom. The number of aromatic nitrogens is 1. The number of benzene rings is 1. The summed E-state index contributed by atoms with van der Waals surface area (Å²) < 4.78 is 0. The van der Waals surface area contributed by atoms with E-state index in [1.54, 1.807) is 0 Å². The van der Waals surface area contributed by atoms with Crippen molar-refractivity contribution in [3.63, 3.8) is 0 Å². The summed E-state index contributed by atoms with van der Waals surface area (Å²) in [6.07, 6.45) is 0. The molecule has 0 saturated carbocycles. The van der Waals surface area contributed by atoms with E-state index in [-0.39, 0.29) is 5.91 Å². The molecule has 0 aliphatic heterocycles. The number of carbonyl (C=O) groups is 1. The number of amides is 1. The van der Waals surface area contributed by atoms with Gasteiger partial charge in [0, 0.05) is 24.0 Å². The number of hydrogen-bond donors (Lipinski definition) is 2. The molecule has 0 aliphatic carbocycles. The third-order valence-corrected chi connectivity index (χ3v) is 2.80. The van der Waals surface area contributed by atoms with Crippen molar-refractivity contribution >= 4 is 16.8 Å². The first-order chi connectivity index (χ1) is 8.24. The van der Waals surface area contributed by atoms with Crippen LogP contribution in [0.5, 0.6) is 0 Å². The van der Waals surface area contributed by atoms with Crippen LogP contribution in [-0.4, -0.2) is 29.0 Å². The van der Waals surface area contributed by atoms with E-state index in [4.69, 9.17) is 0 Å². The largest absolute Gasteiger partial charge is 0.350 e. The molecule has 4 heteroatoms. The molecule has 1 aromatic carbocycles. The molecule has 2 aromatic rings. The van der Waals surface area contributed by atoms with E-state index in [9.17, 15) is 4.79 Å². The number of nitrogens with one attached hydrogen (secondary N) is 2. The molecule has 0 atom stereocenters. The fourth-order valence-corrected chi connectivity index (χ4v) is 1.78. The second kappa shape index (κ2) is 5.01. The number of nitrogens with zero attached hydrogens (tertiary/aromatic N) is 1. The summed E-state index contributed by atoms with van der Waals surface area (Å²) in [5.74, 6) is -0.0927. The van der Waals surface area contributed by atoms with Crippen LogP contribution < -0.4 is 5.43 Å². The summed E-state index contributed by atoms with van der Waals surface area (Å²) in [5.41, 5.74) is 4.44. The highest BCUT2D eigenvalue weighted by molar-refractivity contribution is 5.97. The predicted octanol–water partition coefficient (Wildman–Crippen LogP) is 2.15. The standard InChI is InChI=1S/C13H17N3O/c1-3-16(4-2)15-13(17)12-9-10-7-5-6-8-11(10)14-12/h5-9,14H,3-4H2,1-2H3,(H,15,17). The second-order valence-corrected chi connectivity index (χ2v) is 3.88. The molecule has 90 valence electrons. The van der Waals surface area contributed by atoms with Crippen molar-refractivity contribution in [3.8, 4) is 0 Å². The summed E-state index contributed by atoms with van der Waals surface area (Å²) in [5, 5.41) is 2.92. The van der Waals surface area contributed by atoms with Gasteiger partial charge in [-0.15, -0.1) is 0 Å². The lowest BCUT2D eigenvalue weighted by Crippen LogP contribution is -2.41. The Morgan fingerprint density at radius 1 is 1.29 bits per heavy atom. The molecule has 4 nitrogen and oxygen atoms in total. The zero-order chi connectivity index (χ0) is 12.3. The van der Waals surface area contributed by atoms with Crippen molar-refractivity contribution in [1.82, 2.24) is 15.4 Å². The topological polar surface area (TPSA) is 48.1 Å². The highest BCUT2D eigenvalue weighted by Crippen LogP contribution is 2.14. The van der Waals surface area contributed by atoms with E-state index in [1.807, 2.05) is 49.2 Å². The van der Waals surface area contributed by atoms with E-state index in [1.165, 1.54) is 0 Å². The molecule has 1 heterocycles. The Balaban J connectivity index is 2.19. The van der Waals surface area contributed by atoms with Gasteiger partial charge in [-0.1, -0.05) is 32.0 Å². The van der Waals surface area contributed by atoms with E-state index in [0.29, 0.717) is 5.69 Å². The molecular weight excluding hydrogens is 214 g/mol. The van der Waals surface area contributed by atoms with E-state index in [0.717, 1.165) is 24.0 Å². The van der Waals surface area contributed by atoms with Crippen molar-refractivity contribution in [3.05, 3.63) is 36.0 Å². The molecule has 2 rings (SSSR count). The maximum absolute atomic E-state index is 12.0. The van der Waals surface area contributed by atoms with Gasteiger partial charge in [-0.25, -0.2) is 5.01 Å². The van der Waals surface area contributed by atoms with Crippen LogP contribution in [-0.2, 0) is 0 Å². The summed E-state index contributed by atoms with van der Waals surface area (Å²) in [6.45, 7) is 5.61. The molecule has 2 N–H and O–H groups in total. The molecule has 1 amide bonds. The van der Waals surface area contributed by atoms with Gasteiger partial charge in [0.25, 0.3) is 5.91 Å². The zero-order valence-electron chi connectivity index (χ0n) is 10.2. The Kier molecular flexibility index (Phi) is 3.44. The minimum absolute atomic E-state index is 0.0927. The summed E-state index contributed by atoms with van der Waals surface area (Å²) in [7, 11) is 0. The van der Waals surface area contributed by atoms with Crippen molar-refractivity contribution < 1.29 is 4.79 Å². The normalized spacial score (nSPS) is 11.0. The van der Waals surface area contributed by atoms with Gasteiger partial charge in [-0.3, -0.25) is 10.2 Å². The lowest BCUT2D eigenvalue weighted by atomic mass is 10.2. The van der Waals surface area contributed by atoms with Gasteiger partial charge in [-0.2, -0.15) is 0 Å². The Hall–Kier alpha value is -1.81. The van der Waals surface area contributed by atoms with E-state index in [2.05, 4.69) is 10.4 Å². The minimum Gasteiger partial charge on any atom is -0.350 e. The molecule has 1 aromatic heterocycles. The first-order valence-corrected chi connectivity index (χ1v) is 5.88. The quantitative estimate of drug-likeness (QED) is 0.792. The van der Waals surface area contributed by atoms with Crippen LogP contribution in [0.3, 0.4) is 0 Å². The van der Waals surface area contributed by atoms with Crippen molar-refractivity contribution in [1.29, 1.82) is 0 Å². The van der Waals surface area contributed by atoms with E-state index >= 15 is 0 Å². The molecule has 0 aliphatic rings. The van der Waals surface area contributed by atoms with Gasteiger partial charge in [0.2, 0.25) is 0 Å². The van der Waals surface area contributed by atoms with Crippen molar-refractivity contribution in [2.45, 2.75) is 13.8 Å². The first-order valence-electron chi connectivity index (χ1n) is 5.88. The van der Waals surface area contributed by atoms with Crippen LogP contribution in [0.1, 0.15) is 24.3 Å². The maximum Gasteiger partial charge on any atom is 0.282 e. The molecule has 0 unspecified atom stereocenters. The second-order valence-electron chi connectivity index (χ2n) is 3.88. The first kappa shape index (κ1) is 11.7. The molecule has 0 fully saturated rings. The summed E-state index contributed by atoms with van der Waals surface area (Å²) >= 11 is 0. The fourth-order valence-electron chi connectivity index (χ4n) is 1.78. The number of hydrazine groups is 1. The van der Waals surface area contributed by atoms with Gasteiger partial charge < -0.3 is 4.98 Å². The predicted molar refractivity (Wildman–Crippen MR) is 68.7 cm³/mol. The molecule has 0 radical (unpaired) electrons. The minimum atomic E-state index is -0.0927. The highest BCUT2D eigenvalue weighted by atomic mass is 16.2. The van der Waals surface area contributed by atoms with Gasteiger partial charge in [0.15, 0.2) is 0 Å². The number of H-pyrrole nitrogens is 1. The number of fused-ring (bicyclic) bond motifs is 1. The SMILES string of the molecule is CCN(CC)NC(=O)c1cc2ccccc2[nH]1. The smallest absolute Gasteiger partial charge is 0.282 e. The third-order valence-electron chi connectivity index (χ3n) is 2.80. The van der Waals surface area contributed by atoms with Gasteiger partial charge in [0.05, 0.1) is 0 Å².